The first-order valence-corrected chi connectivity index (χ1v) is 17.6. The van der Waals surface area contributed by atoms with Crippen LogP contribution in [0.2, 0.25) is 0 Å². The molecule has 0 radical (unpaired) electrons. The van der Waals surface area contributed by atoms with Crippen LogP contribution >= 0.6 is 11.3 Å². The first-order chi connectivity index (χ1) is 23.6. The van der Waals surface area contributed by atoms with Crippen LogP contribution in [-0.4, -0.2) is 67.2 Å². The number of amides is 1. The first kappa shape index (κ1) is 38.7. The molecule has 50 heavy (non-hydrogen) atoms. The molecule has 4 aromatic rings. The topological polar surface area (TPSA) is 154 Å². The van der Waals surface area contributed by atoms with Gasteiger partial charge in [0.25, 0.3) is 0 Å². The smallest absolute Gasteiger partial charge is 0.408 e. The minimum Gasteiger partial charge on any atom is -0.453 e. The zero-order valence-electron chi connectivity index (χ0n) is 27.2. The maximum Gasteiger partial charge on any atom is 0.408 e. The standard InChI is InChI=1S/C34H38F4N4O6S2/c1-20(2)42(50(46,47)23-14-15-25(39)24(35)18-23)26(19-43)27-16-17-28(49-27)31(34(36,37)38)41-32(44)30(40-33(45)48-3)29(21-10-6-4-7-11-21)22-12-8-5-9-13-22/h4-18,20,26,29-32,41,43-44H,19,39H2,1-3H3,(H,40,45)/t26-,30+,31-,32?/m1/s1. The van der Waals surface area contributed by atoms with Crippen LogP contribution in [0.5, 0.6) is 0 Å². The van der Waals surface area contributed by atoms with Gasteiger partial charge in [-0.25, -0.2) is 17.6 Å². The number of nitrogens with one attached hydrogen (secondary N) is 2. The molecule has 1 amide bonds. The summed E-state index contributed by atoms with van der Waals surface area (Å²) in [5.74, 6) is -1.82. The Morgan fingerprint density at radius 3 is 2.00 bits per heavy atom. The van der Waals surface area contributed by atoms with Gasteiger partial charge in [-0.3, -0.25) is 5.32 Å². The zero-order valence-corrected chi connectivity index (χ0v) is 28.8. The molecule has 16 heteroatoms. The zero-order chi connectivity index (χ0) is 36.8. The molecular weight excluding hydrogens is 701 g/mol. The second kappa shape index (κ2) is 16.3. The summed E-state index contributed by atoms with van der Waals surface area (Å²) in [6, 6.07) is 16.4. The van der Waals surface area contributed by atoms with Crippen molar-refractivity contribution in [2.45, 2.75) is 61.2 Å². The lowest BCUT2D eigenvalue weighted by Gasteiger charge is -2.35. The third kappa shape index (κ3) is 8.80. The molecule has 1 aromatic heterocycles. The van der Waals surface area contributed by atoms with Gasteiger partial charge in [0.1, 0.15) is 18.1 Å². The van der Waals surface area contributed by atoms with E-state index in [9.17, 15) is 41.0 Å². The summed E-state index contributed by atoms with van der Waals surface area (Å²) >= 11 is 0.571. The third-order valence-corrected chi connectivity index (χ3v) is 11.3. The predicted molar refractivity (Wildman–Crippen MR) is 181 cm³/mol. The van der Waals surface area contributed by atoms with Gasteiger partial charge in [0, 0.05) is 21.7 Å². The van der Waals surface area contributed by atoms with E-state index in [2.05, 4.69) is 10.6 Å². The molecule has 1 unspecified atom stereocenters. The van der Waals surface area contributed by atoms with Crippen LogP contribution in [0.4, 0.5) is 28.0 Å². The van der Waals surface area contributed by atoms with Crippen LogP contribution < -0.4 is 16.4 Å². The number of carbonyl (C=O) groups excluding carboxylic acids is 1. The molecule has 0 spiro atoms. The highest BCUT2D eigenvalue weighted by Crippen LogP contribution is 2.41. The minimum atomic E-state index is -4.99. The highest BCUT2D eigenvalue weighted by atomic mass is 32.2. The fourth-order valence-electron chi connectivity index (χ4n) is 5.67. The number of rotatable bonds is 14. The highest BCUT2D eigenvalue weighted by molar-refractivity contribution is 7.89. The molecule has 0 aliphatic heterocycles. The number of hydrogen-bond acceptors (Lipinski definition) is 9. The van der Waals surface area contributed by atoms with Gasteiger partial charge in [-0.2, -0.15) is 17.5 Å². The van der Waals surface area contributed by atoms with Crippen LogP contribution in [0.25, 0.3) is 0 Å². The number of halogens is 4. The number of thiophene rings is 1. The van der Waals surface area contributed by atoms with E-state index in [1.807, 2.05) is 0 Å². The molecule has 4 rings (SSSR count). The van der Waals surface area contributed by atoms with Crippen molar-refractivity contribution in [3.8, 4) is 0 Å². The van der Waals surface area contributed by atoms with Crippen molar-refractivity contribution in [1.82, 2.24) is 14.9 Å². The van der Waals surface area contributed by atoms with Crippen molar-refractivity contribution >= 4 is 33.1 Å². The number of nitrogens with two attached hydrogens (primary N) is 1. The number of hydrogen-bond donors (Lipinski definition) is 5. The number of aliphatic hydroxyl groups excluding tert-OH is 2. The summed E-state index contributed by atoms with van der Waals surface area (Å²) < 4.78 is 91.6. The number of alkyl carbamates (subject to hydrolysis) is 1. The Balaban J connectivity index is 1.73. The van der Waals surface area contributed by atoms with E-state index in [0.29, 0.717) is 22.5 Å². The van der Waals surface area contributed by atoms with Crippen molar-refractivity contribution in [3.63, 3.8) is 0 Å². The molecule has 10 nitrogen and oxygen atoms in total. The Morgan fingerprint density at radius 1 is 0.960 bits per heavy atom. The van der Waals surface area contributed by atoms with Crippen LogP contribution in [-0.2, 0) is 14.8 Å². The number of nitrogen functional groups attached to an aromatic ring is 1. The second-order valence-electron chi connectivity index (χ2n) is 11.6. The monoisotopic (exact) mass is 738 g/mol. The van der Waals surface area contributed by atoms with Crippen molar-refractivity contribution in [2.75, 3.05) is 19.5 Å². The van der Waals surface area contributed by atoms with Crippen LogP contribution in [0, 0.1) is 5.82 Å². The van der Waals surface area contributed by atoms with Gasteiger partial charge < -0.3 is 26.0 Å². The van der Waals surface area contributed by atoms with E-state index < -0.39 is 75.9 Å². The number of alkyl halides is 3. The summed E-state index contributed by atoms with van der Waals surface area (Å²) in [4.78, 5) is 11.7. The summed E-state index contributed by atoms with van der Waals surface area (Å²) in [7, 11) is -3.41. The maximum absolute atomic E-state index is 14.8. The molecule has 6 N–H and O–H groups in total. The van der Waals surface area contributed by atoms with Crippen molar-refractivity contribution in [2.24, 2.45) is 0 Å². The van der Waals surface area contributed by atoms with Gasteiger partial charge in [-0.1, -0.05) is 60.7 Å². The summed E-state index contributed by atoms with van der Waals surface area (Å²) in [6.45, 7) is 2.19. The van der Waals surface area contributed by atoms with Gasteiger partial charge in [0.15, 0.2) is 0 Å². The fraction of sp³-hybridized carbons (Fsp3) is 0.324. The SMILES string of the molecule is COC(=O)N[C@H](C(O)N[C@H](c1ccc([C@@H](CO)N(C(C)C)S(=O)(=O)c2ccc(N)c(F)c2)s1)C(F)(F)F)C(c1ccccc1)c1ccccc1. The molecule has 0 bridgehead atoms. The molecule has 0 saturated heterocycles. The van der Waals surface area contributed by atoms with Gasteiger partial charge in [0.2, 0.25) is 10.0 Å². The second-order valence-corrected chi connectivity index (χ2v) is 14.6. The Bertz CT molecular complexity index is 1790. The van der Waals surface area contributed by atoms with E-state index in [4.69, 9.17) is 10.5 Å². The van der Waals surface area contributed by atoms with Crippen LogP contribution in [0.15, 0.2) is 95.9 Å². The Labute approximate surface area is 291 Å². The van der Waals surface area contributed by atoms with Gasteiger partial charge >= 0.3 is 12.3 Å². The van der Waals surface area contributed by atoms with Crippen molar-refractivity contribution < 1.29 is 45.7 Å². The minimum absolute atomic E-state index is 0.0527. The molecule has 0 aliphatic carbocycles. The molecule has 3 aromatic carbocycles. The van der Waals surface area contributed by atoms with E-state index >= 15 is 0 Å². The number of benzene rings is 3. The Kier molecular flexibility index (Phi) is 12.6. The average Bonchev–Trinajstić information content (AvgIpc) is 3.56. The van der Waals surface area contributed by atoms with Gasteiger partial charge in [-0.15, -0.1) is 11.3 Å². The number of anilines is 1. The summed E-state index contributed by atoms with van der Waals surface area (Å²) in [5, 5.41) is 26.6. The molecule has 4 atom stereocenters. The fourth-order valence-corrected chi connectivity index (χ4v) is 8.73. The predicted octanol–water partition coefficient (Wildman–Crippen LogP) is 5.67. The quantitative estimate of drug-likeness (QED) is 0.0631. The van der Waals surface area contributed by atoms with E-state index in [1.54, 1.807) is 60.7 Å². The van der Waals surface area contributed by atoms with Crippen LogP contribution in [0.1, 0.15) is 52.7 Å². The Hall–Kier alpha value is -4.06. The van der Waals surface area contributed by atoms with E-state index in [1.165, 1.54) is 19.9 Å². The van der Waals surface area contributed by atoms with Crippen LogP contribution in [0.3, 0.4) is 0 Å². The Morgan fingerprint density at radius 2 is 1.52 bits per heavy atom. The molecule has 270 valence electrons. The van der Waals surface area contributed by atoms with Gasteiger partial charge in [0.05, 0.1) is 36.4 Å². The molecule has 0 aliphatic rings. The van der Waals surface area contributed by atoms with E-state index in [0.717, 1.165) is 35.7 Å². The number of nitrogens with zero attached hydrogens (tertiary/aromatic N) is 1. The third-order valence-electron chi connectivity index (χ3n) is 7.95. The molecule has 0 saturated carbocycles. The van der Waals surface area contributed by atoms with Gasteiger partial charge in [-0.05, 0) is 55.3 Å². The molecule has 0 fully saturated rings. The number of methoxy groups -OCH3 is 1. The molecule has 1 heterocycles. The lowest BCUT2D eigenvalue weighted by atomic mass is 9.84. The highest BCUT2D eigenvalue weighted by Gasteiger charge is 2.46. The van der Waals surface area contributed by atoms with Crippen molar-refractivity contribution in [3.05, 3.63) is 118 Å². The lowest BCUT2D eigenvalue weighted by molar-refractivity contribution is -0.166. The summed E-state index contributed by atoms with van der Waals surface area (Å²) in [6.07, 6.45) is -8.00. The van der Waals surface area contributed by atoms with Crippen molar-refractivity contribution in [1.29, 1.82) is 0 Å². The summed E-state index contributed by atoms with van der Waals surface area (Å²) in [5.41, 5.74) is 6.40. The lowest BCUT2D eigenvalue weighted by Crippen LogP contribution is -2.55. The number of carbonyl (C=O) groups is 1. The van der Waals surface area contributed by atoms with E-state index in [-0.39, 0.29) is 15.4 Å². The number of ether oxygens (including phenoxy) is 1. The normalized spacial score (nSPS) is 14.8. The number of sulfonamides is 1. The largest absolute Gasteiger partial charge is 0.453 e. The first-order valence-electron chi connectivity index (χ1n) is 15.3. The number of aliphatic hydroxyl groups is 2. The molecular formula is C34H38F4N4O6S2. The maximum atomic E-state index is 14.8. The average molecular weight is 739 g/mol.